The number of hydrogen-bond acceptors (Lipinski definition) is 2. The Morgan fingerprint density at radius 2 is 1.65 bits per heavy atom. The van der Waals surface area contributed by atoms with E-state index in [1.807, 2.05) is 12.4 Å². The Kier molecular flexibility index (Phi) is 2.70. The molecule has 4 rings (SSSR count). The maximum atomic E-state index is 4.15. The van der Waals surface area contributed by atoms with Crippen molar-refractivity contribution in [2.75, 3.05) is 6.54 Å². The van der Waals surface area contributed by atoms with Crippen LogP contribution in [0.5, 0.6) is 0 Å². The van der Waals surface area contributed by atoms with Crippen molar-refractivity contribution in [2.24, 2.45) is 0 Å². The monoisotopic (exact) mass is 230 g/mol. The van der Waals surface area contributed by atoms with Crippen molar-refractivity contribution in [1.29, 1.82) is 0 Å². The van der Waals surface area contributed by atoms with Crippen LogP contribution in [0.3, 0.4) is 0 Å². The number of nitrogens with zero attached hydrogens (tertiary/aromatic N) is 1. The van der Waals surface area contributed by atoms with Gasteiger partial charge < -0.3 is 5.32 Å². The first-order valence-corrected chi connectivity index (χ1v) is 6.94. The second-order valence-corrected chi connectivity index (χ2v) is 5.83. The van der Waals surface area contributed by atoms with Crippen LogP contribution in [-0.2, 0) is 5.41 Å². The van der Waals surface area contributed by atoms with Crippen LogP contribution in [0.2, 0.25) is 0 Å². The molecule has 2 bridgehead atoms. The van der Waals surface area contributed by atoms with Gasteiger partial charge in [0.25, 0.3) is 0 Å². The molecule has 1 aromatic rings. The molecule has 1 aromatic heterocycles. The third kappa shape index (κ3) is 1.79. The molecule has 0 aliphatic heterocycles. The minimum absolute atomic E-state index is 0.472. The first-order valence-electron chi connectivity index (χ1n) is 6.94. The molecule has 0 amide bonds. The zero-order valence-electron chi connectivity index (χ0n) is 10.7. The summed E-state index contributed by atoms with van der Waals surface area (Å²) in [5, 5.41) is 3.74. The molecular weight excluding hydrogens is 208 g/mol. The molecule has 0 spiro atoms. The number of pyridine rings is 1. The highest BCUT2D eigenvalue weighted by molar-refractivity contribution is 5.27. The fourth-order valence-electron chi connectivity index (χ4n) is 3.96. The van der Waals surface area contributed by atoms with Crippen LogP contribution >= 0.6 is 0 Å². The summed E-state index contributed by atoms with van der Waals surface area (Å²) in [5.41, 5.74) is 2.47. The molecule has 0 aromatic carbocycles. The second-order valence-electron chi connectivity index (χ2n) is 5.83. The lowest BCUT2D eigenvalue weighted by Crippen LogP contribution is -2.56. The Hall–Kier alpha value is -0.890. The van der Waals surface area contributed by atoms with Gasteiger partial charge in [0.15, 0.2) is 0 Å². The van der Waals surface area contributed by atoms with E-state index in [9.17, 15) is 0 Å². The van der Waals surface area contributed by atoms with Gasteiger partial charge in [-0.1, -0.05) is 6.92 Å². The summed E-state index contributed by atoms with van der Waals surface area (Å²) in [4.78, 5) is 4.15. The first kappa shape index (κ1) is 11.2. The molecule has 2 nitrogen and oxygen atoms in total. The molecule has 3 aliphatic rings. The Morgan fingerprint density at radius 1 is 1.06 bits per heavy atom. The third-order valence-corrected chi connectivity index (χ3v) is 5.09. The molecule has 0 atom stereocenters. The summed E-state index contributed by atoms with van der Waals surface area (Å²) in [6, 6.07) is 4.46. The van der Waals surface area contributed by atoms with Gasteiger partial charge in [-0.15, -0.1) is 0 Å². The molecule has 0 radical (unpaired) electrons. The van der Waals surface area contributed by atoms with E-state index in [0.717, 1.165) is 6.54 Å². The van der Waals surface area contributed by atoms with E-state index < -0.39 is 0 Å². The van der Waals surface area contributed by atoms with Gasteiger partial charge in [0.05, 0.1) is 0 Å². The van der Waals surface area contributed by atoms with Crippen LogP contribution < -0.4 is 5.32 Å². The summed E-state index contributed by atoms with van der Waals surface area (Å²) in [7, 11) is 0. The number of nitrogens with one attached hydrogen (secondary N) is 1. The molecule has 3 fully saturated rings. The van der Waals surface area contributed by atoms with Gasteiger partial charge in [-0.05, 0) is 68.2 Å². The number of fused-ring (bicyclic) bond motifs is 3. The predicted molar refractivity (Wildman–Crippen MR) is 70.0 cm³/mol. The van der Waals surface area contributed by atoms with Crippen LogP contribution in [0.1, 0.15) is 51.0 Å². The molecule has 3 saturated carbocycles. The van der Waals surface area contributed by atoms with E-state index in [1.165, 1.54) is 44.1 Å². The van der Waals surface area contributed by atoms with Crippen molar-refractivity contribution in [3.05, 3.63) is 30.1 Å². The molecule has 92 valence electrons. The Labute approximate surface area is 104 Å². The quantitative estimate of drug-likeness (QED) is 0.863. The Morgan fingerprint density at radius 3 is 2.18 bits per heavy atom. The first-order chi connectivity index (χ1) is 8.29. The normalized spacial score (nSPS) is 36.1. The SMILES string of the molecule is CCNC12CCC(c3ccncc3)(CC1)CC2. The van der Waals surface area contributed by atoms with Crippen LogP contribution in [0.4, 0.5) is 0 Å². The summed E-state index contributed by atoms with van der Waals surface area (Å²) in [6.45, 7) is 3.34. The smallest absolute Gasteiger partial charge is 0.0270 e. The predicted octanol–water partition coefficient (Wildman–Crippen LogP) is 3.04. The highest BCUT2D eigenvalue weighted by atomic mass is 15.0. The second kappa shape index (κ2) is 4.09. The summed E-state index contributed by atoms with van der Waals surface area (Å²) in [5.74, 6) is 0. The zero-order chi connectivity index (χ0) is 11.8. The summed E-state index contributed by atoms with van der Waals surface area (Å²) < 4.78 is 0. The highest BCUT2D eigenvalue weighted by Gasteiger charge is 2.48. The lowest BCUT2D eigenvalue weighted by atomic mass is 9.55. The average molecular weight is 230 g/mol. The number of aromatic nitrogens is 1. The summed E-state index contributed by atoms with van der Waals surface area (Å²) >= 11 is 0. The van der Waals surface area contributed by atoms with Crippen LogP contribution in [-0.4, -0.2) is 17.1 Å². The molecule has 2 heteroatoms. The summed E-state index contributed by atoms with van der Waals surface area (Å²) in [6.07, 6.45) is 12.0. The number of hydrogen-bond donors (Lipinski definition) is 1. The van der Waals surface area contributed by atoms with Gasteiger partial charge in [-0.2, -0.15) is 0 Å². The van der Waals surface area contributed by atoms with Gasteiger partial charge in [-0.25, -0.2) is 0 Å². The Balaban J connectivity index is 1.82. The van der Waals surface area contributed by atoms with Gasteiger partial charge in [-0.3, -0.25) is 4.98 Å². The van der Waals surface area contributed by atoms with Gasteiger partial charge in [0.2, 0.25) is 0 Å². The maximum absolute atomic E-state index is 4.15. The minimum Gasteiger partial charge on any atom is -0.312 e. The molecule has 0 unspecified atom stereocenters. The van der Waals surface area contributed by atoms with Gasteiger partial charge in [0, 0.05) is 17.9 Å². The highest BCUT2D eigenvalue weighted by Crippen LogP contribution is 2.53. The molecule has 17 heavy (non-hydrogen) atoms. The van der Waals surface area contributed by atoms with Crippen molar-refractivity contribution >= 4 is 0 Å². The third-order valence-electron chi connectivity index (χ3n) is 5.09. The molecular formula is C15H22N2. The molecule has 1 N–H and O–H groups in total. The molecule has 0 saturated heterocycles. The lowest BCUT2D eigenvalue weighted by molar-refractivity contribution is 0.0787. The van der Waals surface area contributed by atoms with E-state index in [2.05, 4.69) is 29.4 Å². The van der Waals surface area contributed by atoms with Crippen LogP contribution in [0, 0.1) is 0 Å². The lowest BCUT2D eigenvalue weighted by Gasteiger charge is -2.54. The van der Waals surface area contributed by atoms with Gasteiger partial charge >= 0.3 is 0 Å². The molecule has 1 heterocycles. The average Bonchev–Trinajstić information content (AvgIpc) is 2.42. The van der Waals surface area contributed by atoms with E-state index in [0.29, 0.717) is 11.0 Å². The maximum Gasteiger partial charge on any atom is 0.0270 e. The van der Waals surface area contributed by atoms with E-state index >= 15 is 0 Å². The van der Waals surface area contributed by atoms with E-state index in [-0.39, 0.29) is 0 Å². The van der Waals surface area contributed by atoms with Crippen molar-refractivity contribution in [3.63, 3.8) is 0 Å². The largest absolute Gasteiger partial charge is 0.312 e. The standard InChI is InChI=1S/C15H22N2/c1-2-17-15-8-5-14(6-9-15,7-10-15)13-3-11-16-12-4-13/h3-4,11-12,17H,2,5-10H2,1H3. The van der Waals surface area contributed by atoms with Crippen molar-refractivity contribution < 1.29 is 0 Å². The van der Waals surface area contributed by atoms with Crippen molar-refractivity contribution in [3.8, 4) is 0 Å². The zero-order valence-corrected chi connectivity index (χ0v) is 10.7. The van der Waals surface area contributed by atoms with Crippen LogP contribution in [0.25, 0.3) is 0 Å². The minimum atomic E-state index is 0.472. The molecule has 3 aliphatic carbocycles. The van der Waals surface area contributed by atoms with E-state index in [1.54, 1.807) is 0 Å². The topological polar surface area (TPSA) is 24.9 Å². The van der Waals surface area contributed by atoms with Crippen molar-refractivity contribution in [1.82, 2.24) is 10.3 Å². The van der Waals surface area contributed by atoms with Crippen LogP contribution in [0.15, 0.2) is 24.5 Å². The fourth-order valence-corrected chi connectivity index (χ4v) is 3.96. The fraction of sp³-hybridized carbons (Fsp3) is 0.667. The van der Waals surface area contributed by atoms with Gasteiger partial charge in [0.1, 0.15) is 0 Å². The van der Waals surface area contributed by atoms with Crippen molar-refractivity contribution in [2.45, 2.75) is 56.4 Å². The number of rotatable bonds is 3. The Bertz CT molecular complexity index is 361. The van der Waals surface area contributed by atoms with E-state index in [4.69, 9.17) is 0 Å².